The third-order valence-corrected chi connectivity index (χ3v) is 5.27. The molecule has 0 saturated carbocycles. The van der Waals surface area contributed by atoms with Gasteiger partial charge in [0.05, 0.1) is 19.3 Å². The smallest absolute Gasteiger partial charge is 0.313 e. The van der Waals surface area contributed by atoms with Crippen LogP contribution in [0.15, 0.2) is 67.0 Å². The van der Waals surface area contributed by atoms with Crippen molar-refractivity contribution in [3.63, 3.8) is 0 Å². The van der Waals surface area contributed by atoms with Gasteiger partial charge in [0.15, 0.2) is 0 Å². The fourth-order valence-electron chi connectivity index (χ4n) is 3.76. The van der Waals surface area contributed by atoms with Crippen molar-refractivity contribution < 1.29 is 14.3 Å². The first-order chi connectivity index (χ1) is 14.7. The van der Waals surface area contributed by atoms with Gasteiger partial charge >= 0.3 is 11.8 Å². The number of ether oxygens (including phenoxy) is 1. The van der Waals surface area contributed by atoms with E-state index in [-0.39, 0.29) is 6.04 Å². The molecule has 0 unspecified atom stereocenters. The van der Waals surface area contributed by atoms with Gasteiger partial charge in [-0.2, -0.15) is 0 Å². The first kappa shape index (κ1) is 20.0. The molecule has 1 aliphatic rings. The minimum atomic E-state index is -0.695. The summed E-state index contributed by atoms with van der Waals surface area (Å²) in [4.78, 5) is 30.9. The van der Waals surface area contributed by atoms with Crippen molar-refractivity contribution in [3.05, 3.63) is 72.6 Å². The molecule has 0 spiro atoms. The van der Waals surface area contributed by atoms with Crippen molar-refractivity contribution in [2.24, 2.45) is 0 Å². The molecule has 1 aromatic heterocycles. The molecule has 1 aliphatic heterocycles. The Bertz CT molecular complexity index is 1010. The predicted molar refractivity (Wildman–Crippen MR) is 115 cm³/mol. The van der Waals surface area contributed by atoms with Gasteiger partial charge in [0.25, 0.3) is 0 Å². The molecule has 7 nitrogen and oxygen atoms in total. The van der Waals surface area contributed by atoms with Crippen LogP contribution in [0.2, 0.25) is 0 Å². The third kappa shape index (κ3) is 4.64. The van der Waals surface area contributed by atoms with E-state index in [1.54, 1.807) is 24.5 Å². The second kappa shape index (κ2) is 9.47. The number of carbonyl (C=O) groups is 2. The van der Waals surface area contributed by atoms with E-state index in [2.05, 4.69) is 44.8 Å². The van der Waals surface area contributed by atoms with Gasteiger partial charge in [0.2, 0.25) is 0 Å². The van der Waals surface area contributed by atoms with Gasteiger partial charge in [-0.05, 0) is 28.5 Å². The number of anilines is 1. The van der Waals surface area contributed by atoms with E-state index >= 15 is 0 Å². The van der Waals surface area contributed by atoms with E-state index in [1.165, 1.54) is 0 Å². The highest BCUT2D eigenvalue weighted by Gasteiger charge is 2.25. The number of nitrogens with zero attached hydrogens (tertiary/aromatic N) is 2. The molecule has 7 heteroatoms. The quantitative estimate of drug-likeness (QED) is 0.638. The summed E-state index contributed by atoms with van der Waals surface area (Å²) in [5.41, 5.74) is 1.66. The Morgan fingerprint density at radius 2 is 1.70 bits per heavy atom. The van der Waals surface area contributed by atoms with Gasteiger partial charge in [0, 0.05) is 37.7 Å². The van der Waals surface area contributed by atoms with Crippen molar-refractivity contribution in [3.8, 4) is 0 Å². The third-order valence-electron chi connectivity index (χ3n) is 5.27. The van der Waals surface area contributed by atoms with Gasteiger partial charge in [-0.3, -0.25) is 19.5 Å². The molecule has 1 saturated heterocycles. The molecule has 30 heavy (non-hydrogen) atoms. The molecular formula is C23H24N4O3. The summed E-state index contributed by atoms with van der Waals surface area (Å²) in [6, 6.07) is 17.6. The lowest BCUT2D eigenvalue weighted by Gasteiger charge is -2.35. The summed E-state index contributed by atoms with van der Waals surface area (Å²) in [6.45, 7) is 3.17. The molecule has 1 fully saturated rings. The fraction of sp³-hybridized carbons (Fsp3) is 0.261. The van der Waals surface area contributed by atoms with E-state index in [4.69, 9.17) is 4.74 Å². The molecule has 0 aliphatic carbocycles. The van der Waals surface area contributed by atoms with Crippen molar-refractivity contribution >= 4 is 28.3 Å². The van der Waals surface area contributed by atoms with Crippen molar-refractivity contribution in [1.82, 2.24) is 15.2 Å². The van der Waals surface area contributed by atoms with E-state index in [0.717, 1.165) is 29.4 Å². The highest BCUT2D eigenvalue weighted by Crippen LogP contribution is 2.28. The summed E-state index contributed by atoms with van der Waals surface area (Å²) in [5, 5.41) is 7.70. The molecular weight excluding hydrogens is 380 g/mol. The Morgan fingerprint density at radius 3 is 2.50 bits per heavy atom. The van der Waals surface area contributed by atoms with Crippen LogP contribution in [-0.2, 0) is 14.3 Å². The van der Waals surface area contributed by atoms with E-state index in [1.807, 2.05) is 18.2 Å². The van der Waals surface area contributed by atoms with Crippen LogP contribution in [0.1, 0.15) is 11.6 Å². The maximum Gasteiger partial charge on any atom is 0.313 e. The van der Waals surface area contributed by atoms with E-state index < -0.39 is 11.8 Å². The second-order valence-corrected chi connectivity index (χ2v) is 7.13. The first-order valence-corrected chi connectivity index (χ1v) is 10.0. The maximum absolute atomic E-state index is 12.4. The number of amides is 2. The molecule has 2 aromatic carbocycles. The van der Waals surface area contributed by atoms with E-state index in [9.17, 15) is 9.59 Å². The molecule has 154 valence electrons. The molecule has 0 bridgehead atoms. The van der Waals surface area contributed by atoms with Gasteiger partial charge in [-0.25, -0.2) is 0 Å². The summed E-state index contributed by atoms with van der Waals surface area (Å²) in [7, 11) is 0. The first-order valence-electron chi connectivity index (χ1n) is 10.0. The zero-order chi connectivity index (χ0) is 20.8. The number of fused-ring (bicyclic) bond motifs is 1. The molecule has 0 radical (unpaired) electrons. The summed E-state index contributed by atoms with van der Waals surface area (Å²) >= 11 is 0. The minimum absolute atomic E-state index is 0.0577. The standard InChI is InChI=1S/C23H24N4O3/c28-22(23(29)26-18-8-10-24-11-9-18)25-16-21(27-12-14-30-15-13-27)20-7-3-5-17-4-1-2-6-19(17)20/h1-11,21H,12-16H2,(H,25,28)(H,24,26,29)/t21-/m0/s1. The molecule has 2 heterocycles. The zero-order valence-electron chi connectivity index (χ0n) is 16.6. The Hall–Kier alpha value is -3.29. The van der Waals surface area contributed by atoms with Crippen LogP contribution in [-0.4, -0.2) is 54.5 Å². The lowest BCUT2D eigenvalue weighted by Crippen LogP contribution is -2.45. The van der Waals surface area contributed by atoms with Gasteiger partial charge in [-0.1, -0.05) is 42.5 Å². The fourth-order valence-corrected chi connectivity index (χ4v) is 3.76. The Morgan fingerprint density at radius 1 is 0.967 bits per heavy atom. The van der Waals surface area contributed by atoms with Crippen LogP contribution >= 0.6 is 0 Å². The largest absolute Gasteiger partial charge is 0.379 e. The average Bonchev–Trinajstić information content (AvgIpc) is 2.80. The second-order valence-electron chi connectivity index (χ2n) is 7.13. The molecule has 4 rings (SSSR count). The average molecular weight is 404 g/mol. The van der Waals surface area contributed by atoms with Crippen LogP contribution in [0.25, 0.3) is 10.8 Å². The SMILES string of the molecule is O=C(NC[C@@H](c1cccc2ccccc12)N1CCOCC1)C(=O)Nc1ccncc1. The lowest BCUT2D eigenvalue weighted by atomic mass is 9.97. The summed E-state index contributed by atoms with van der Waals surface area (Å²) in [6.07, 6.45) is 3.12. The highest BCUT2D eigenvalue weighted by atomic mass is 16.5. The van der Waals surface area contributed by atoms with Crippen molar-refractivity contribution in [2.45, 2.75) is 6.04 Å². The predicted octanol–water partition coefficient (Wildman–Crippen LogP) is 2.36. The Labute approximate surface area is 175 Å². The Balaban J connectivity index is 1.52. The summed E-state index contributed by atoms with van der Waals surface area (Å²) < 4.78 is 5.51. The van der Waals surface area contributed by atoms with Gasteiger partial charge in [0.1, 0.15) is 0 Å². The number of hydrogen-bond donors (Lipinski definition) is 2. The number of rotatable bonds is 5. The highest BCUT2D eigenvalue weighted by molar-refractivity contribution is 6.39. The van der Waals surface area contributed by atoms with Crippen LogP contribution in [0, 0.1) is 0 Å². The van der Waals surface area contributed by atoms with E-state index in [0.29, 0.717) is 25.4 Å². The minimum Gasteiger partial charge on any atom is -0.379 e. The number of benzene rings is 2. The monoisotopic (exact) mass is 404 g/mol. The topological polar surface area (TPSA) is 83.6 Å². The molecule has 3 aromatic rings. The van der Waals surface area contributed by atoms with Gasteiger partial charge < -0.3 is 15.4 Å². The van der Waals surface area contributed by atoms with Crippen LogP contribution in [0.3, 0.4) is 0 Å². The number of morpholine rings is 1. The molecule has 2 N–H and O–H groups in total. The van der Waals surface area contributed by atoms with Crippen molar-refractivity contribution in [2.75, 3.05) is 38.2 Å². The summed E-state index contributed by atoms with van der Waals surface area (Å²) in [5.74, 6) is -1.36. The molecule has 1 atom stereocenters. The number of aromatic nitrogens is 1. The molecule has 2 amide bonds. The number of pyridine rings is 1. The lowest BCUT2D eigenvalue weighted by molar-refractivity contribution is -0.136. The number of hydrogen-bond acceptors (Lipinski definition) is 5. The van der Waals surface area contributed by atoms with Crippen LogP contribution < -0.4 is 10.6 Å². The van der Waals surface area contributed by atoms with Crippen LogP contribution in [0.5, 0.6) is 0 Å². The van der Waals surface area contributed by atoms with Crippen LogP contribution in [0.4, 0.5) is 5.69 Å². The normalized spacial score (nSPS) is 15.5. The number of nitrogens with one attached hydrogen (secondary N) is 2. The maximum atomic E-state index is 12.4. The van der Waals surface area contributed by atoms with Gasteiger partial charge in [-0.15, -0.1) is 0 Å². The number of carbonyl (C=O) groups excluding carboxylic acids is 2. The Kier molecular flexibility index (Phi) is 6.32. The van der Waals surface area contributed by atoms with Crippen molar-refractivity contribution in [1.29, 1.82) is 0 Å². The zero-order valence-corrected chi connectivity index (χ0v) is 16.6.